The molecule has 0 heterocycles. The molecule has 2 rings (SSSR count). The van der Waals surface area contributed by atoms with Crippen molar-refractivity contribution in [3.8, 4) is 0 Å². The van der Waals surface area contributed by atoms with Crippen LogP contribution in [-0.2, 0) is 19.4 Å². The minimum Gasteiger partial charge on any atom is -0.322 e. The average molecular weight is 219 g/mol. The predicted octanol–water partition coefficient (Wildman–Crippen LogP) is 1.19. The number of benzene rings is 1. The van der Waals surface area contributed by atoms with Crippen molar-refractivity contribution >= 4 is 6.03 Å². The van der Waals surface area contributed by atoms with Gasteiger partial charge in [0.2, 0.25) is 0 Å². The Balaban J connectivity index is 2.08. The molecule has 86 valence electrons. The Bertz CT molecular complexity index is 403. The van der Waals surface area contributed by atoms with Gasteiger partial charge in [-0.15, -0.1) is 0 Å². The Morgan fingerprint density at radius 3 is 2.94 bits per heavy atom. The van der Waals surface area contributed by atoms with Gasteiger partial charge in [-0.1, -0.05) is 18.2 Å². The maximum Gasteiger partial charge on any atom is 0.331 e. The lowest BCUT2D eigenvalue weighted by molar-refractivity contribution is 0.207. The molecular weight excluding hydrogens is 202 g/mol. The number of carbonyl (C=O) groups excluding carboxylic acids is 1. The Morgan fingerprint density at radius 2 is 2.19 bits per heavy atom. The van der Waals surface area contributed by atoms with Crippen molar-refractivity contribution in [1.29, 1.82) is 0 Å². The number of nitrogens with two attached hydrogens (primary N) is 1. The first-order valence-corrected chi connectivity index (χ1v) is 5.53. The standard InChI is InChI=1S/C12H17N3O/c1-15(12(16)14-13)8-9-5-6-10-3-2-4-11(10)7-9/h5-7H,2-4,8,13H2,1H3,(H,14,16). The summed E-state index contributed by atoms with van der Waals surface area (Å²) in [5, 5.41) is 0. The fourth-order valence-electron chi connectivity index (χ4n) is 2.18. The molecule has 0 atom stereocenters. The van der Waals surface area contributed by atoms with E-state index in [1.54, 1.807) is 11.9 Å². The minimum absolute atomic E-state index is 0.263. The van der Waals surface area contributed by atoms with E-state index in [4.69, 9.17) is 5.84 Å². The highest BCUT2D eigenvalue weighted by atomic mass is 16.2. The van der Waals surface area contributed by atoms with Gasteiger partial charge in [0.1, 0.15) is 0 Å². The molecule has 0 saturated heterocycles. The van der Waals surface area contributed by atoms with Gasteiger partial charge in [0.05, 0.1) is 0 Å². The van der Waals surface area contributed by atoms with E-state index in [2.05, 4.69) is 23.6 Å². The normalized spacial score (nSPS) is 13.4. The van der Waals surface area contributed by atoms with Gasteiger partial charge in [0.15, 0.2) is 0 Å². The topological polar surface area (TPSA) is 58.4 Å². The zero-order valence-electron chi connectivity index (χ0n) is 9.49. The smallest absolute Gasteiger partial charge is 0.322 e. The van der Waals surface area contributed by atoms with Gasteiger partial charge in [-0.2, -0.15) is 0 Å². The fourth-order valence-corrected chi connectivity index (χ4v) is 2.18. The first-order chi connectivity index (χ1) is 7.70. The molecule has 0 fully saturated rings. The van der Waals surface area contributed by atoms with Gasteiger partial charge in [0, 0.05) is 13.6 Å². The molecule has 0 saturated carbocycles. The molecule has 4 heteroatoms. The molecule has 0 unspecified atom stereocenters. The number of urea groups is 1. The van der Waals surface area contributed by atoms with Crippen molar-refractivity contribution in [3.63, 3.8) is 0 Å². The maximum atomic E-state index is 11.2. The highest BCUT2D eigenvalue weighted by molar-refractivity contribution is 5.73. The van der Waals surface area contributed by atoms with Crippen LogP contribution in [-0.4, -0.2) is 18.0 Å². The molecule has 0 aliphatic heterocycles. The second-order valence-corrected chi connectivity index (χ2v) is 4.26. The summed E-state index contributed by atoms with van der Waals surface area (Å²) in [5.41, 5.74) is 6.17. The van der Waals surface area contributed by atoms with Crippen LogP contribution >= 0.6 is 0 Å². The van der Waals surface area contributed by atoms with Crippen LogP contribution in [0.15, 0.2) is 18.2 Å². The third-order valence-electron chi connectivity index (χ3n) is 3.05. The summed E-state index contributed by atoms with van der Waals surface area (Å²) < 4.78 is 0. The van der Waals surface area contributed by atoms with Crippen molar-refractivity contribution in [2.75, 3.05) is 7.05 Å². The fraction of sp³-hybridized carbons (Fsp3) is 0.417. The first-order valence-electron chi connectivity index (χ1n) is 5.53. The predicted molar refractivity (Wildman–Crippen MR) is 62.7 cm³/mol. The molecule has 1 aliphatic carbocycles. The second kappa shape index (κ2) is 4.53. The number of hydrogen-bond acceptors (Lipinski definition) is 2. The van der Waals surface area contributed by atoms with Gasteiger partial charge >= 0.3 is 6.03 Å². The number of nitrogens with zero attached hydrogens (tertiary/aromatic N) is 1. The summed E-state index contributed by atoms with van der Waals surface area (Å²) in [6.45, 7) is 0.594. The Morgan fingerprint density at radius 1 is 1.44 bits per heavy atom. The molecule has 0 radical (unpaired) electrons. The zero-order valence-corrected chi connectivity index (χ0v) is 9.49. The largest absolute Gasteiger partial charge is 0.331 e. The van der Waals surface area contributed by atoms with Gasteiger partial charge in [-0.05, 0) is 36.0 Å². The molecule has 1 aliphatic rings. The number of nitrogens with one attached hydrogen (secondary N) is 1. The molecule has 0 spiro atoms. The molecule has 3 N–H and O–H groups in total. The Labute approximate surface area is 95.4 Å². The minimum atomic E-state index is -0.263. The van der Waals surface area contributed by atoms with E-state index in [1.807, 2.05) is 0 Å². The van der Waals surface area contributed by atoms with E-state index in [-0.39, 0.29) is 6.03 Å². The summed E-state index contributed by atoms with van der Waals surface area (Å²) >= 11 is 0. The summed E-state index contributed by atoms with van der Waals surface area (Å²) in [7, 11) is 1.73. The van der Waals surface area contributed by atoms with Crippen molar-refractivity contribution in [2.45, 2.75) is 25.8 Å². The summed E-state index contributed by atoms with van der Waals surface area (Å²) in [5.74, 6) is 5.08. The van der Waals surface area contributed by atoms with Gasteiger partial charge in [-0.25, -0.2) is 10.6 Å². The van der Waals surface area contributed by atoms with Crippen LogP contribution in [0, 0.1) is 0 Å². The highest BCUT2D eigenvalue weighted by Crippen LogP contribution is 2.23. The van der Waals surface area contributed by atoms with Gasteiger partial charge in [0.25, 0.3) is 0 Å². The van der Waals surface area contributed by atoms with E-state index in [0.717, 1.165) is 12.0 Å². The van der Waals surface area contributed by atoms with Crippen LogP contribution < -0.4 is 11.3 Å². The average Bonchev–Trinajstić information content (AvgIpc) is 2.75. The third-order valence-corrected chi connectivity index (χ3v) is 3.05. The van der Waals surface area contributed by atoms with Crippen molar-refractivity contribution in [3.05, 3.63) is 34.9 Å². The van der Waals surface area contributed by atoms with E-state index < -0.39 is 0 Å². The molecule has 2 amide bonds. The highest BCUT2D eigenvalue weighted by Gasteiger charge is 2.12. The van der Waals surface area contributed by atoms with E-state index >= 15 is 0 Å². The van der Waals surface area contributed by atoms with Crippen LogP contribution in [0.2, 0.25) is 0 Å². The van der Waals surface area contributed by atoms with Crippen molar-refractivity contribution < 1.29 is 4.79 Å². The summed E-state index contributed by atoms with van der Waals surface area (Å²) in [6.07, 6.45) is 3.60. The van der Waals surface area contributed by atoms with Crippen LogP contribution in [0.1, 0.15) is 23.1 Å². The van der Waals surface area contributed by atoms with Gasteiger partial charge < -0.3 is 4.90 Å². The quantitative estimate of drug-likeness (QED) is 0.446. The van der Waals surface area contributed by atoms with E-state index in [0.29, 0.717) is 6.54 Å². The molecule has 4 nitrogen and oxygen atoms in total. The SMILES string of the molecule is CN(Cc1ccc2c(c1)CCC2)C(=O)NN. The number of rotatable bonds is 2. The lowest BCUT2D eigenvalue weighted by Gasteiger charge is -2.16. The number of aryl methyl sites for hydroxylation is 2. The molecule has 0 aromatic heterocycles. The molecule has 0 bridgehead atoms. The van der Waals surface area contributed by atoms with E-state index in [9.17, 15) is 4.79 Å². The first kappa shape index (κ1) is 11.0. The summed E-state index contributed by atoms with van der Waals surface area (Å²) in [4.78, 5) is 12.8. The van der Waals surface area contributed by atoms with Crippen LogP contribution in [0.5, 0.6) is 0 Å². The summed E-state index contributed by atoms with van der Waals surface area (Å²) in [6, 6.07) is 6.19. The number of fused-ring (bicyclic) bond motifs is 1. The number of carbonyl (C=O) groups is 1. The monoisotopic (exact) mass is 219 g/mol. The zero-order chi connectivity index (χ0) is 11.5. The second-order valence-electron chi connectivity index (χ2n) is 4.26. The number of hydrogen-bond donors (Lipinski definition) is 2. The molecule has 1 aromatic carbocycles. The third kappa shape index (κ3) is 2.17. The van der Waals surface area contributed by atoms with Crippen molar-refractivity contribution in [1.82, 2.24) is 10.3 Å². The van der Waals surface area contributed by atoms with Crippen LogP contribution in [0.25, 0.3) is 0 Å². The number of hydrazine groups is 1. The molecule has 16 heavy (non-hydrogen) atoms. The van der Waals surface area contributed by atoms with Crippen molar-refractivity contribution in [2.24, 2.45) is 5.84 Å². The van der Waals surface area contributed by atoms with Gasteiger partial charge in [-0.3, -0.25) is 5.43 Å². The lowest BCUT2D eigenvalue weighted by atomic mass is 10.1. The number of amides is 2. The maximum absolute atomic E-state index is 11.2. The molecular formula is C12H17N3O. The van der Waals surface area contributed by atoms with Crippen LogP contribution in [0.3, 0.4) is 0 Å². The lowest BCUT2D eigenvalue weighted by Crippen LogP contribution is -2.40. The Hall–Kier alpha value is -1.55. The Kier molecular flexibility index (Phi) is 3.10. The molecule has 1 aromatic rings. The van der Waals surface area contributed by atoms with Crippen LogP contribution in [0.4, 0.5) is 4.79 Å². The van der Waals surface area contributed by atoms with E-state index in [1.165, 1.54) is 24.0 Å².